The summed E-state index contributed by atoms with van der Waals surface area (Å²) in [5.41, 5.74) is 0.920. The minimum Gasteiger partial charge on any atom is -0.376 e. The van der Waals surface area contributed by atoms with Gasteiger partial charge in [0.2, 0.25) is 5.95 Å². The molecular formula is C10H14F3N5O2. The van der Waals surface area contributed by atoms with Crippen LogP contribution in [0.1, 0.15) is 5.69 Å². The zero-order valence-corrected chi connectivity index (χ0v) is 10.4. The molecule has 1 aliphatic rings. The molecule has 7 nitrogen and oxygen atoms in total. The van der Waals surface area contributed by atoms with E-state index in [0.717, 1.165) is 6.07 Å². The van der Waals surface area contributed by atoms with Crippen LogP contribution in [-0.2, 0) is 15.7 Å². The summed E-state index contributed by atoms with van der Waals surface area (Å²) in [6.45, 7) is 1.63. The lowest BCUT2D eigenvalue weighted by Gasteiger charge is -2.23. The van der Waals surface area contributed by atoms with Crippen molar-refractivity contribution >= 4 is 11.8 Å². The number of alkyl halides is 3. The molecule has 0 amide bonds. The molecular weight excluding hydrogens is 279 g/mol. The van der Waals surface area contributed by atoms with E-state index in [2.05, 4.69) is 15.3 Å². The minimum absolute atomic E-state index is 0.00875. The molecule has 1 saturated heterocycles. The third-order valence-electron chi connectivity index (χ3n) is 2.54. The average molecular weight is 293 g/mol. The van der Waals surface area contributed by atoms with E-state index in [0.29, 0.717) is 19.8 Å². The van der Waals surface area contributed by atoms with Crippen molar-refractivity contribution in [3.63, 3.8) is 0 Å². The lowest BCUT2D eigenvalue weighted by Crippen LogP contribution is -2.34. The van der Waals surface area contributed by atoms with Crippen LogP contribution in [0.5, 0.6) is 0 Å². The number of nitrogens with one attached hydrogen (secondary N) is 2. The van der Waals surface area contributed by atoms with Crippen LogP contribution in [-0.4, -0.2) is 42.4 Å². The molecule has 1 fully saturated rings. The molecule has 10 heteroatoms. The zero-order chi connectivity index (χ0) is 14.6. The molecule has 0 bridgehead atoms. The number of nitrogens with zero attached hydrogens (tertiary/aromatic N) is 2. The maximum Gasteiger partial charge on any atom is 0.433 e. The largest absolute Gasteiger partial charge is 0.433 e. The van der Waals surface area contributed by atoms with Gasteiger partial charge in [-0.25, -0.2) is 10.8 Å². The molecule has 1 atom stereocenters. The Morgan fingerprint density at radius 3 is 2.75 bits per heavy atom. The molecule has 2 heterocycles. The number of nitrogen functional groups attached to an aromatic ring is 1. The Labute approximate surface area is 112 Å². The molecule has 1 unspecified atom stereocenters. The first-order chi connectivity index (χ1) is 9.49. The first-order valence-electron chi connectivity index (χ1n) is 5.85. The first-order valence-corrected chi connectivity index (χ1v) is 5.85. The Bertz CT molecular complexity index is 451. The number of hydrogen-bond donors (Lipinski definition) is 3. The van der Waals surface area contributed by atoms with Gasteiger partial charge in [0.25, 0.3) is 0 Å². The monoisotopic (exact) mass is 293 g/mol. The first kappa shape index (κ1) is 14.8. The van der Waals surface area contributed by atoms with Crippen LogP contribution in [0.25, 0.3) is 0 Å². The summed E-state index contributed by atoms with van der Waals surface area (Å²) in [6.07, 6.45) is -4.81. The number of rotatable bonds is 4. The highest BCUT2D eigenvalue weighted by Crippen LogP contribution is 2.29. The molecule has 0 saturated carbocycles. The molecule has 20 heavy (non-hydrogen) atoms. The average Bonchev–Trinajstić information content (AvgIpc) is 2.45. The van der Waals surface area contributed by atoms with Crippen molar-refractivity contribution < 1.29 is 22.6 Å². The summed E-state index contributed by atoms with van der Waals surface area (Å²) in [5.74, 6) is 4.75. The van der Waals surface area contributed by atoms with Crippen molar-refractivity contribution in [2.75, 3.05) is 37.1 Å². The number of halogens is 3. The molecule has 2 rings (SSSR count). The Hall–Kier alpha value is -1.65. The predicted molar refractivity (Wildman–Crippen MR) is 63.9 cm³/mol. The van der Waals surface area contributed by atoms with E-state index < -0.39 is 11.9 Å². The Kier molecular flexibility index (Phi) is 4.57. The van der Waals surface area contributed by atoms with Gasteiger partial charge in [0.05, 0.1) is 25.9 Å². The highest BCUT2D eigenvalue weighted by molar-refractivity contribution is 5.42. The Morgan fingerprint density at radius 1 is 1.35 bits per heavy atom. The quantitative estimate of drug-likeness (QED) is 0.553. The summed E-state index contributed by atoms with van der Waals surface area (Å²) in [5, 5.41) is 2.75. The Balaban J connectivity index is 2.06. The topological polar surface area (TPSA) is 94.3 Å². The van der Waals surface area contributed by atoms with Crippen LogP contribution in [0.2, 0.25) is 0 Å². The molecule has 1 aromatic heterocycles. The normalized spacial score (nSPS) is 19.7. The third-order valence-corrected chi connectivity index (χ3v) is 2.54. The van der Waals surface area contributed by atoms with Gasteiger partial charge in [-0.15, -0.1) is 0 Å². The SMILES string of the molecule is NNc1nc(NCC2COCCO2)cc(C(F)(F)F)n1. The zero-order valence-electron chi connectivity index (χ0n) is 10.4. The van der Waals surface area contributed by atoms with Crippen molar-refractivity contribution in [2.24, 2.45) is 5.84 Å². The van der Waals surface area contributed by atoms with E-state index in [1.54, 1.807) is 0 Å². The minimum atomic E-state index is -4.57. The van der Waals surface area contributed by atoms with Crippen LogP contribution < -0.4 is 16.6 Å². The van der Waals surface area contributed by atoms with Gasteiger partial charge in [-0.05, 0) is 0 Å². The number of nitrogens with two attached hydrogens (primary N) is 1. The second kappa shape index (κ2) is 6.20. The molecule has 0 radical (unpaired) electrons. The van der Waals surface area contributed by atoms with Crippen molar-refractivity contribution in [3.8, 4) is 0 Å². The van der Waals surface area contributed by atoms with E-state index in [-0.39, 0.29) is 24.4 Å². The fourth-order valence-corrected chi connectivity index (χ4v) is 1.62. The van der Waals surface area contributed by atoms with E-state index in [4.69, 9.17) is 15.3 Å². The fourth-order valence-electron chi connectivity index (χ4n) is 1.62. The highest BCUT2D eigenvalue weighted by atomic mass is 19.4. The van der Waals surface area contributed by atoms with Crippen molar-refractivity contribution in [2.45, 2.75) is 12.3 Å². The van der Waals surface area contributed by atoms with Gasteiger partial charge in [0, 0.05) is 12.6 Å². The smallest absolute Gasteiger partial charge is 0.376 e. The molecule has 0 aromatic carbocycles. The number of hydrogen-bond acceptors (Lipinski definition) is 7. The summed E-state index contributed by atoms with van der Waals surface area (Å²) >= 11 is 0. The van der Waals surface area contributed by atoms with Gasteiger partial charge < -0.3 is 14.8 Å². The summed E-state index contributed by atoms with van der Waals surface area (Å²) in [4.78, 5) is 7.04. The lowest BCUT2D eigenvalue weighted by atomic mass is 10.3. The van der Waals surface area contributed by atoms with Gasteiger partial charge in [0.15, 0.2) is 5.69 Å². The third kappa shape index (κ3) is 3.92. The molecule has 0 aliphatic carbocycles. The van der Waals surface area contributed by atoms with Gasteiger partial charge in [-0.2, -0.15) is 18.2 Å². The van der Waals surface area contributed by atoms with Gasteiger partial charge in [-0.1, -0.05) is 0 Å². The standard InChI is InChI=1S/C10H14F3N5O2/c11-10(12,13)7-3-8(17-9(16-7)18-14)15-4-6-5-19-1-2-20-6/h3,6H,1-2,4-5,14H2,(H2,15,16,17,18). The number of ether oxygens (including phenoxy) is 2. The Morgan fingerprint density at radius 2 is 2.15 bits per heavy atom. The summed E-state index contributed by atoms with van der Waals surface area (Å²) in [6, 6.07) is 0.810. The molecule has 1 aromatic rings. The highest BCUT2D eigenvalue weighted by Gasteiger charge is 2.33. The predicted octanol–water partition coefficient (Wildman–Crippen LogP) is 0.608. The van der Waals surface area contributed by atoms with E-state index >= 15 is 0 Å². The maximum absolute atomic E-state index is 12.6. The van der Waals surface area contributed by atoms with Gasteiger partial charge in [0.1, 0.15) is 5.82 Å². The van der Waals surface area contributed by atoms with Crippen molar-refractivity contribution in [1.29, 1.82) is 0 Å². The van der Waals surface area contributed by atoms with E-state index in [1.807, 2.05) is 5.43 Å². The van der Waals surface area contributed by atoms with E-state index in [9.17, 15) is 13.2 Å². The van der Waals surface area contributed by atoms with Gasteiger partial charge in [-0.3, -0.25) is 5.43 Å². The summed E-state index contributed by atoms with van der Waals surface area (Å²) < 4.78 is 48.5. The van der Waals surface area contributed by atoms with Crippen LogP contribution in [0.15, 0.2) is 6.07 Å². The number of anilines is 2. The fraction of sp³-hybridized carbons (Fsp3) is 0.600. The second-order valence-corrected chi connectivity index (χ2v) is 4.05. The van der Waals surface area contributed by atoms with Crippen molar-refractivity contribution in [1.82, 2.24) is 9.97 Å². The van der Waals surface area contributed by atoms with E-state index in [1.165, 1.54) is 0 Å². The number of aromatic nitrogens is 2. The van der Waals surface area contributed by atoms with Crippen molar-refractivity contribution in [3.05, 3.63) is 11.8 Å². The molecule has 0 spiro atoms. The summed E-state index contributed by atoms with van der Waals surface area (Å²) in [7, 11) is 0. The van der Waals surface area contributed by atoms with Gasteiger partial charge >= 0.3 is 6.18 Å². The van der Waals surface area contributed by atoms with Crippen LogP contribution in [0.3, 0.4) is 0 Å². The molecule has 4 N–H and O–H groups in total. The lowest BCUT2D eigenvalue weighted by molar-refractivity contribution is -0.141. The van der Waals surface area contributed by atoms with Crippen LogP contribution >= 0.6 is 0 Å². The number of hydrazine groups is 1. The molecule has 1 aliphatic heterocycles. The maximum atomic E-state index is 12.6. The second-order valence-electron chi connectivity index (χ2n) is 4.05. The van der Waals surface area contributed by atoms with Crippen LogP contribution in [0.4, 0.5) is 24.9 Å². The molecule has 112 valence electrons. The van der Waals surface area contributed by atoms with Crippen LogP contribution in [0, 0.1) is 0 Å².